The van der Waals surface area contributed by atoms with Gasteiger partial charge in [0.05, 0.1) is 18.2 Å². The minimum atomic E-state index is -0.664. The standard InChI is InChI=1S/C19H15F2NO2/c1-10-6-12(19(23)24-3)8-16-15(7-11(2)22-18(10)16)14-5-4-13(20)9-17(14)21/h4-9H,1-3H3. The second-order valence-electron chi connectivity index (χ2n) is 5.62. The zero-order valence-electron chi connectivity index (χ0n) is 13.5. The molecule has 5 heteroatoms. The molecule has 1 aromatic heterocycles. The Bertz CT molecular complexity index is 967. The second kappa shape index (κ2) is 6.00. The summed E-state index contributed by atoms with van der Waals surface area (Å²) in [4.78, 5) is 16.4. The lowest BCUT2D eigenvalue weighted by Crippen LogP contribution is -2.03. The Morgan fingerprint density at radius 1 is 1.04 bits per heavy atom. The molecule has 0 saturated carbocycles. The van der Waals surface area contributed by atoms with Crippen LogP contribution >= 0.6 is 0 Å². The summed E-state index contributed by atoms with van der Waals surface area (Å²) in [6.07, 6.45) is 0. The van der Waals surface area contributed by atoms with Gasteiger partial charge in [-0.1, -0.05) is 0 Å². The van der Waals surface area contributed by atoms with Gasteiger partial charge in [0, 0.05) is 22.7 Å². The van der Waals surface area contributed by atoms with E-state index in [9.17, 15) is 13.6 Å². The third-order valence-electron chi connectivity index (χ3n) is 3.87. The van der Waals surface area contributed by atoms with Gasteiger partial charge in [-0.3, -0.25) is 4.98 Å². The maximum absolute atomic E-state index is 14.3. The number of esters is 1. The van der Waals surface area contributed by atoms with Gasteiger partial charge in [0.2, 0.25) is 0 Å². The largest absolute Gasteiger partial charge is 0.465 e. The number of rotatable bonds is 2. The van der Waals surface area contributed by atoms with Crippen molar-refractivity contribution >= 4 is 16.9 Å². The Labute approximate surface area is 137 Å². The van der Waals surface area contributed by atoms with E-state index >= 15 is 0 Å². The SMILES string of the molecule is COC(=O)c1cc(C)c2nc(C)cc(-c3ccc(F)cc3F)c2c1. The zero-order valence-corrected chi connectivity index (χ0v) is 13.5. The summed E-state index contributed by atoms with van der Waals surface area (Å²) >= 11 is 0. The molecule has 0 amide bonds. The number of nitrogens with zero attached hydrogens (tertiary/aromatic N) is 1. The molecule has 0 saturated heterocycles. The van der Waals surface area contributed by atoms with E-state index in [0.717, 1.165) is 11.6 Å². The molecular weight excluding hydrogens is 312 g/mol. The highest BCUT2D eigenvalue weighted by molar-refractivity contribution is 6.01. The zero-order chi connectivity index (χ0) is 17.4. The van der Waals surface area contributed by atoms with Crippen LogP contribution in [0.25, 0.3) is 22.0 Å². The molecule has 0 N–H and O–H groups in total. The number of ether oxygens (including phenoxy) is 1. The molecule has 1 heterocycles. The maximum atomic E-state index is 14.3. The molecule has 122 valence electrons. The van der Waals surface area contributed by atoms with Crippen LogP contribution in [-0.2, 0) is 4.74 Å². The Morgan fingerprint density at radius 2 is 1.79 bits per heavy atom. The Kier molecular flexibility index (Phi) is 4.01. The molecule has 0 fully saturated rings. The smallest absolute Gasteiger partial charge is 0.337 e. The lowest BCUT2D eigenvalue weighted by Gasteiger charge is -2.12. The van der Waals surface area contributed by atoms with Crippen molar-refractivity contribution in [2.75, 3.05) is 7.11 Å². The fourth-order valence-electron chi connectivity index (χ4n) is 2.79. The van der Waals surface area contributed by atoms with E-state index in [2.05, 4.69) is 4.98 Å². The van der Waals surface area contributed by atoms with Crippen LogP contribution < -0.4 is 0 Å². The molecule has 0 aliphatic carbocycles. The van der Waals surface area contributed by atoms with E-state index in [1.54, 1.807) is 25.1 Å². The van der Waals surface area contributed by atoms with Gasteiger partial charge < -0.3 is 4.74 Å². The number of carbonyl (C=O) groups excluding carboxylic acids is 1. The van der Waals surface area contributed by atoms with Crippen molar-refractivity contribution in [1.82, 2.24) is 4.98 Å². The molecule has 0 aliphatic heterocycles. The van der Waals surface area contributed by atoms with Gasteiger partial charge >= 0.3 is 5.97 Å². The van der Waals surface area contributed by atoms with E-state index in [0.29, 0.717) is 27.7 Å². The summed E-state index contributed by atoms with van der Waals surface area (Å²) in [6, 6.07) is 8.47. The second-order valence-corrected chi connectivity index (χ2v) is 5.62. The van der Waals surface area contributed by atoms with E-state index in [-0.39, 0.29) is 5.56 Å². The summed E-state index contributed by atoms with van der Waals surface area (Å²) in [6.45, 7) is 3.63. The quantitative estimate of drug-likeness (QED) is 0.647. The van der Waals surface area contributed by atoms with Gasteiger partial charge in [0.15, 0.2) is 0 Å². The van der Waals surface area contributed by atoms with E-state index in [1.165, 1.54) is 19.2 Å². The third-order valence-corrected chi connectivity index (χ3v) is 3.87. The molecule has 0 bridgehead atoms. The number of hydrogen-bond donors (Lipinski definition) is 0. The van der Waals surface area contributed by atoms with E-state index in [1.807, 2.05) is 6.92 Å². The fourth-order valence-corrected chi connectivity index (χ4v) is 2.79. The number of aromatic nitrogens is 1. The summed E-state index contributed by atoms with van der Waals surface area (Å²) in [5, 5.41) is 0.617. The highest BCUT2D eigenvalue weighted by Gasteiger charge is 2.16. The van der Waals surface area contributed by atoms with Crippen LogP contribution in [0.5, 0.6) is 0 Å². The van der Waals surface area contributed by atoms with Crippen LogP contribution in [0.3, 0.4) is 0 Å². The van der Waals surface area contributed by atoms with E-state index < -0.39 is 17.6 Å². The average molecular weight is 327 g/mol. The highest BCUT2D eigenvalue weighted by Crippen LogP contribution is 2.33. The molecule has 0 atom stereocenters. The van der Waals surface area contributed by atoms with Crippen LogP contribution in [0, 0.1) is 25.5 Å². The van der Waals surface area contributed by atoms with Gasteiger partial charge in [-0.15, -0.1) is 0 Å². The molecule has 0 unspecified atom stereocenters. The summed E-state index contributed by atoms with van der Waals surface area (Å²) in [7, 11) is 1.30. The lowest BCUT2D eigenvalue weighted by atomic mass is 9.96. The van der Waals surface area contributed by atoms with Gasteiger partial charge in [0.1, 0.15) is 11.6 Å². The van der Waals surface area contributed by atoms with E-state index in [4.69, 9.17) is 4.74 Å². The van der Waals surface area contributed by atoms with Crippen LogP contribution in [0.15, 0.2) is 36.4 Å². The average Bonchev–Trinajstić information content (AvgIpc) is 2.54. The van der Waals surface area contributed by atoms with Gasteiger partial charge in [-0.25, -0.2) is 13.6 Å². The van der Waals surface area contributed by atoms with Gasteiger partial charge in [-0.2, -0.15) is 0 Å². The van der Waals surface area contributed by atoms with Gasteiger partial charge in [0.25, 0.3) is 0 Å². The Balaban J connectivity index is 2.38. The number of methoxy groups -OCH3 is 1. The van der Waals surface area contributed by atoms with Crippen LogP contribution in [0.4, 0.5) is 8.78 Å². The molecule has 3 rings (SSSR count). The predicted octanol–water partition coefficient (Wildman–Crippen LogP) is 4.58. The van der Waals surface area contributed by atoms with Crippen molar-refractivity contribution in [2.45, 2.75) is 13.8 Å². The maximum Gasteiger partial charge on any atom is 0.337 e. The number of hydrogen-bond acceptors (Lipinski definition) is 3. The number of benzene rings is 2. The van der Waals surface area contributed by atoms with Crippen molar-refractivity contribution in [3.63, 3.8) is 0 Å². The number of carbonyl (C=O) groups is 1. The van der Waals surface area contributed by atoms with Crippen molar-refractivity contribution in [2.24, 2.45) is 0 Å². The normalized spacial score (nSPS) is 10.9. The molecule has 3 nitrogen and oxygen atoms in total. The van der Waals surface area contributed by atoms with Crippen molar-refractivity contribution < 1.29 is 18.3 Å². The molecule has 24 heavy (non-hydrogen) atoms. The van der Waals surface area contributed by atoms with Crippen LogP contribution in [0.1, 0.15) is 21.6 Å². The summed E-state index contributed by atoms with van der Waals surface area (Å²) < 4.78 is 32.3. The molecule has 3 aromatic rings. The third kappa shape index (κ3) is 2.73. The van der Waals surface area contributed by atoms with Crippen molar-refractivity contribution in [3.8, 4) is 11.1 Å². The van der Waals surface area contributed by atoms with Crippen molar-refractivity contribution in [3.05, 3.63) is 64.9 Å². The number of aryl methyl sites for hydroxylation is 2. The Hall–Kier alpha value is -2.82. The van der Waals surface area contributed by atoms with Crippen molar-refractivity contribution in [1.29, 1.82) is 0 Å². The minimum absolute atomic E-state index is 0.258. The summed E-state index contributed by atoms with van der Waals surface area (Å²) in [5.74, 6) is -1.79. The number of pyridine rings is 1. The molecular formula is C19H15F2NO2. The summed E-state index contributed by atoms with van der Waals surface area (Å²) in [5.41, 5.74) is 3.32. The highest BCUT2D eigenvalue weighted by atomic mass is 19.1. The first-order valence-corrected chi connectivity index (χ1v) is 7.36. The molecule has 0 radical (unpaired) electrons. The van der Waals surface area contributed by atoms with Crippen LogP contribution in [-0.4, -0.2) is 18.1 Å². The molecule has 2 aromatic carbocycles. The fraction of sp³-hybridized carbons (Fsp3) is 0.158. The minimum Gasteiger partial charge on any atom is -0.465 e. The van der Waals surface area contributed by atoms with Crippen LogP contribution in [0.2, 0.25) is 0 Å². The first kappa shape index (κ1) is 16.1. The van der Waals surface area contributed by atoms with Gasteiger partial charge in [-0.05, 0) is 55.3 Å². The molecule has 0 spiro atoms. The topological polar surface area (TPSA) is 39.2 Å². The monoisotopic (exact) mass is 327 g/mol. The lowest BCUT2D eigenvalue weighted by molar-refractivity contribution is 0.0601. The Morgan fingerprint density at radius 3 is 2.46 bits per heavy atom. The number of halogens is 2. The first-order valence-electron chi connectivity index (χ1n) is 7.36. The predicted molar refractivity (Wildman–Crippen MR) is 87.9 cm³/mol. The number of fused-ring (bicyclic) bond motifs is 1. The first-order chi connectivity index (χ1) is 11.4. The molecule has 0 aliphatic rings.